The second kappa shape index (κ2) is 7.81. The van der Waals surface area contributed by atoms with E-state index in [-0.39, 0.29) is 24.4 Å². The number of aromatic amines is 1. The third-order valence-corrected chi connectivity index (χ3v) is 4.20. The molecular formula is C16H20Cl2N4O. The first-order valence-corrected chi connectivity index (χ1v) is 7.88. The maximum atomic E-state index is 12.8. The lowest BCUT2D eigenvalue weighted by atomic mass is 10.0. The lowest BCUT2D eigenvalue weighted by molar-refractivity contribution is 0.0628. The van der Waals surface area contributed by atoms with Gasteiger partial charge in [0.25, 0.3) is 5.91 Å². The number of hydrogen-bond donors (Lipinski definition) is 2. The summed E-state index contributed by atoms with van der Waals surface area (Å²) >= 11 is 6.09. The molecule has 2 N–H and O–H groups in total. The summed E-state index contributed by atoms with van der Waals surface area (Å²) in [6.07, 6.45) is 0.833. The average Bonchev–Trinajstić information content (AvgIpc) is 3.03. The molecule has 0 spiro atoms. The van der Waals surface area contributed by atoms with Gasteiger partial charge in [-0.2, -0.15) is 5.10 Å². The van der Waals surface area contributed by atoms with E-state index in [4.69, 9.17) is 11.6 Å². The zero-order valence-electron chi connectivity index (χ0n) is 12.9. The van der Waals surface area contributed by atoms with Crippen molar-refractivity contribution in [2.75, 3.05) is 19.6 Å². The minimum absolute atomic E-state index is 0. The van der Waals surface area contributed by atoms with E-state index >= 15 is 0 Å². The smallest absolute Gasteiger partial charge is 0.274 e. The van der Waals surface area contributed by atoms with E-state index in [2.05, 4.69) is 15.5 Å². The van der Waals surface area contributed by atoms with Gasteiger partial charge in [0.1, 0.15) is 5.69 Å². The number of nitrogens with one attached hydrogen (secondary N) is 2. The number of H-pyrrole nitrogens is 1. The predicted molar refractivity (Wildman–Crippen MR) is 93.3 cm³/mol. The maximum absolute atomic E-state index is 12.8. The first kappa shape index (κ1) is 17.8. The number of nitrogens with zero attached hydrogens (tertiary/aromatic N) is 2. The van der Waals surface area contributed by atoms with Gasteiger partial charge in [-0.05, 0) is 30.2 Å². The Kier molecular flexibility index (Phi) is 6.04. The Labute approximate surface area is 146 Å². The number of aromatic nitrogens is 2. The van der Waals surface area contributed by atoms with Gasteiger partial charge in [0.15, 0.2) is 0 Å². The predicted octanol–water partition coefficient (Wildman–Crippen LogP) is 2.83. The Morgan fingerprint density at radius 1 is 1.43 bits per heavy atom. The molecular weight excluding hydrogens is 335 g/mol. The van der Waals surface area contributed by atoms with Crippen molar-refractivity contribution in [2.45, 2.75) is 19.4 Å². The van der Waals surface area contributed by atoms with Gasteiger partial charge >= 0.3 is 0 Å². The molecule has 1 aliphatic rings. The monoisotopic (exact) mass is 354 g/mol. The Hall–Kier alpha value is -1.56. The summed E-state index contributed by atoms with van der Waals surface area (Å²) < 4.78 is 0. The van der Waals surface area contributed by atoms with Crippen LogP contribution < -0.4 is 5.32 Å². The van der Waals surface area contributed by atoms with Crippen molar-refractivity contribution in [3.8, 4) is 0 Å². The molecule has 1 saturated heterocycles. The molecule has 23 heavy (non-hydrogen) atoms. The number of rotatable bonds is 3. The van der Waals surface area contributed by atoms with E-state index in [1.807, 2.05) is 42.2 Å². The van der Waals surface area contributed by atoms with Gasteiger partial charge in [0.2, 0.25) is 0 Å². The quantitative estimate of drug-likeness (QED) is 0.890. The highest BCUT2D eigenvalue weighted by atomic mass is 35.5. The van der Waals surface area contributed by atoms with E-state index < -0.39 is 0 Å². The van der Waals surface area contributed by atoms with Crippen molar-refractivity contribution in [1.29, 1.82) is 0 Å². The molecule has 1 unspecified atom stereocenters. The highest BCUT2D eigenvalue weighted by Gasteiger charge is 2.29. The summed E-state index contributed by atoms with van der Waals surface area (Å²) in [4.78, 5) is 14.7. The maximum Gasteiger partial charge on any atom is 0.274 e. The minimum atomic E-state index is -0.0394. The minimum Gasteiger partial charge on any atom is -0.328 e. The van der Waals surface area contributed by atoms with Crippen LogP contribution in [0.5, 0.6) is 0 Å². The van der Waals surface area contributed by atoms with E-state index in [1.54, 1.807) is 0 Å². The number of piperazine rings is 1. The summed E-state index contributed by atoms with van der Waals surface area (Å²) in [5.41, 5.74) is 2.49. The topological polar surface area (TPSA) is 61.0 Å². The summed E-state index contributed by atoms with van der Waals surface area (Å²) in [6.45, 7) is 4.19. The molecule has 1 atom stereocenters. The second-order valence-corrected chi connectivity index (χ2v) is 5.84. The molecule has 1 amide bonds. The summed E-state index contributed by atoms with van der Waals surface area (Å²) in [6, 6.07) is 9.49. The normalized spacial score (nSPS) is 17.7. The molecule has 1 aromatic carbocycles. The van der Waals surface area contributed by atoms with Crippen LogP contribution in [0.2, 0.25) is 5.02 Å². The summed E-state index contributed by atoms with van der Waals surface area (Å²) in [5.74, 6) is -0.0394. The molecule has 0 radical (unpaired) electrons. The van der Waals surface area contributed by atoms with Gasteiger partial charge in [-0.3, -0.25) is 9.89 Å². The van der Waals surface area contributed by atoms with Crippen LogP contribution in [-0.4, -0.2) is 40.6 Å². The van der Waals surface area contributed by atoms with Gasteiger partial charge in [0.05, 0.1) is 6.04 Å². The number of halogens is 2. The van der Waals surface area contributed by atoms with Crippen LogP contribution >= 0.6 is 24.0 Å². The molecule has 2 heterocycles. The Bertz CT molecular complexity index is 674. The van der Waals surface area contributed by atoms with Crippen molar-refractivity contribution in [2.24, 2.45) is 0 Å². The van der Waals surface area contributed by atoms with Crippen molar-refractivity contribution < 1.29 is 4.79 Å². The number of benzene rings is 1. The Morgan fingerprint density at radius 3 is 2.96 bits per heavy atom. The van der Waals surface area contributed by atoms with Gasteiger partial charge in [-0.15, -0.1) is 12.4 Å². The molecule has 7 heteroatoms. The molecule has 1 aromatic heterocycles. The van der Waals surface area contributed by atoms with Crippen LogP contribution in [0, 0.1) is 0 Å². The number of hydrogen-bond acceptors (Lipinski definition) is 3. The molecule has 5 nitrogen and oxygen atoms in total. The molecule has 1 fully saturated rings. The first-order valence-electron chi connectivity index (χ1n) is 7.50. The van der Waals surface area contributed by atoms with E-state index in [9.17, 15) is 4.79 Å². The number of aryl methyl sites for hydroxylation is 1. The fourth-order valence-corrected chi connectivity index (χ4v) is 2.96. The van der Waals surface area contributed by atoms with Crippen LogP contribution in [-0.2, 0) is 6.42 Å². The number of carbonyl (C=O) groups excluding carboxylic acids is 1. The second-order valence-electron chi connectivity index (χ2n) is 5.41. The van der Waals surface area contributed by atoms with Crippen LogP contribution in [0.4, 0.5) is 0 Å². The van der Waals surface area contributed by atoms with Gasteiger partial charge in [-0.1, -0.05) is 30.7 Å². The molecule has 0 aliphatic carbocycles. The summed E-state index contributed by atoms with van der Waals surface area (Å²) in [5, 5.41) is 11.1. The van der Waals surface area contributed by atoms with Crippen molar-refractivity contribution in [3.63, 3.8) is 0 Å². The third-order valence-electron chi connectivity index (χ3n) is 3.97. The standard InChI is InChI=1S/C16H19ClN4O.ClH/c1-2-13-9-14(20-19-13)16(22)21-7-6-18-10-15(21)11-4-3-5-12(17)8-11;/h3-5,8-9,15,18H,2,6-7,10H2,1H3,(H,19,20);1H. The summed E-state index contributed by atoms with van der Waals surface area (Å²) in [7, 11) is 0. The van der Waals surface area contributed by atoms with Crippen LogP contribution in [0.3, 0.4) is 0 Å². The van der Waals surface area contributed by atoms with E-state index in [1.165, 1.54) is 0 Å². The van der Waals surface area contributed by atoms with Crippen molar-refractivity contribution in [1.82, 2.24) is 20.4 Å². The molecule has 0 bridgehead atoms. The first-order chi connectivity index (χ1) is 10.7. The number of amides is 1. The average molecular weight is 355 g/mol. The SMILES string of the molecule is CCc1cc(C(=O)N2CCNCC2c2cccc(Cl)c2)n[nH]1.Cl. The lowest BCUT2D eigenvalue weighted by Crippen LogP contribution is -2.48. The van der Waals surface area contributed by atoms with Crippen LogP contribution in [0.25, 0.3) is 0 Å². The molecule has 0 saturated carbocycles. The van der Waals surface area contributed by atoms with Gasteiger partial charge < -0.3 is 10.2 Å². The van der Waals surface area contributed by atoms with Crippen LogP contribution in [0.15, 0.2) is 30.3 Å². The van der Waals surface area contributed by atoms with Crippen molar-refractivity contribution in [3.05, 3.63) is 52.3 Å². The van der Waals surface area contributed by atoms with Crippen molar-refractivity contribution >= 4 is 29.9 Å². The Morgan fingerprint density at radius 2 is 2.26 bits per heavy atom. The zero-order valence-corrected chi connectivity index (χ0v) is 14.5. The van der Waals surface area contributed by atoms with E-state index in [0.717, 1.165) is 30.8 Å². The highest BCUT2D eigenvalue weighted by molar-refractivity contribution is 6.30. The molecule has 2 aromatic rings. The zero-order chi connectivity index (χ0) is 15.5. The number of carbonyl (C=O) groups is 1. The van der Waals surface area contributed by atoms with Crippen LogP contribution in [0.1, 0.15) is 34.7 Å². The fourth-order valence-electron chi connectivity index (χ4n) is 2.76. The third kappa shape index (κ3) is 3.86. The molecule has 124 valence electrons. The largest absolute Gasteiger partial charge is 0.328 e. The molecule has 1 aliphatic heterocycles. The van der Waals surface area contributed by atoms with Gasteiger partial charge in [0, 0.05) is 30.4 Å². The highest BCUT2D eigenvalue weighted by Crippen LogP contribution is 2.26. The van der Waals surface area contributed by atoms with Gasteiger partial charge in [-0.25, -0.2) is 0 Å². The lowest BCUT2D eigenvalue weighted by Gasteiger charge is -2.36. The Balaban J connectivity index is 0.00000192. The fraction of sp³-hybridized carbons (Fsp3) is 0.375. The van der Waals surface area contributed by atoms with E-state index in [0.29, 0.717) is 17.3 Å². The molecule has 3 rings (SSSR count).